The molecule has 2 aliphatic rings. The van der Waals surface area contributed by atoms with Gasteiger partial charge in [0.1, 0.15) is 11.6 Å². The number of piperidine rings is 1. The van der Waals surface area contributed by atoms with Crippen molar-refractivity contribution < 1.29 is 41.1 Å². The average Bonchev–Trinajstić information content (AvgIpc) is 3.61. The third kappa shape index (κ3) is 8.56. The third-order valence-corrected chi connectivity index (χ3v) is 10.2. The van der Waals surface area contributed by atoms with Gasteiger partial charge >= 0.3 is 11.8 Å². The second-order valence-electron chi connectivity index (χ2n) is 14.0. The maximum absolute atomic E-state index is 16.0. The molecule has 0 aliphatic carbocycles. The van der Waals surface area contributed by atoms with Crippen LogP contribution in [0.15, 0.2) is 91.0 Å². The predicted octanol–water partition coefficient (Wildman–Crippen LogP) is 8.20. The van der Waals surface area contributed by atoms with Crippen molar-refractivity contribution in [3.63, 3.8) is 0 Å². The number of hydrazine groups is 1. The number of hydrogen-bond donors (Lipinski definition) is 1. The molecule has 3 heterocycles. The van der Waals surface area contributed by atoms with E-state index in [1.54, 1.807) is 23.2 Å². The number of hydrogen-bond acceptors (Lipinski definition) is 6. The second kappa shape index (κ2) is 16.7. The summed E-state index contributed by atoms with van der Waals surface area (Å²) in [6, 6.07) is 23.5. The molecule has 4 aromatic carbocycles. The van der Waals surface area contributed by atoms with Gasteiger partial charge in [0.25, 0.3) is 5.91 Å². The third-order valence-electron chi connectivity index (χ3n) is 10.2. The van der Waals surface area contributed by atoms with E-state index < -0.39 is 46.1 Å². The molecule has 2 aliphatic heterocycles. The van der Waals surface area contributed by atoms with Gasteiger partial charge in [-0.25, -0.2) is 18.8 Å². The predicted molar refractivity (Wildman–Crippen MR) is 196 cm³/mol. The summed E-state index contributed by atoms with van der Waals surface area (Å²) in [5, 5.41) is 10.3. The standard InChI is InChI=1S/C41H40F5N5O4/c42-32-21-30(22-33(43)24-32)20-29-10-11-36-35(23-29)38(48-47-36)51(49-16-12-28(13-17-49)26-55-25-27-6-2-1-3-7-27)39(52)34-8-4-5-9-37(34)50(46)40(53)41(44,45)31-14-18-54-19-15-31/h1-11,21-24,28,31H,12-20,25-26H2,(H,47,48). The number of nitrogens with zero attached hydrogens (tertiary/aromatic N) is 4. The van der Waals surface area contributed by atoms with Gasteiger partial charge in [-0.05, 0) is 91.1 Å². The van der Waals surface area contributed by atoms with E-state index in [4.69, 9.17) is 9.47 Å². The maximum atomic E-state index is 16.0. The van der Waals surface area contributed by atoms with Gasteiger partial charge in [-0.2, -0.15) is 13.9 Å². The summed E-state index contributed by atoms with van der Waals surface area (Å²) in [5.41, 5.74) is 1.68. The zero-order valence-corrected chi connectivity index (χ0v) is 29.9. The van der Waals surface area contributed by atoms with Gasteiger partial charge in [0, 0.05) is 50.3 Å². The summed E-state index contributed by atoms with van der Waals surface area (Å²) >= 11 is 0. The van der Waals surface area contributed by atoms with Gasteiger partial charge in [-0.1, -0.05) is 53.0 Å². The molecule has 0 saturated carbocycles. The van der Waals surface area contributed by atoms with Gasteiger partial charge in [-0.15, -0.1) is 5.12 Å². The smallest absolute Gasteiger partial charge is 0.330 e. The monoisotopic (exact) mass is 761 g/mol. The summed E-state index contributed by atoms with van der Waals surface area (Å²) < 4.78 is 86.1. The first-order chi connectivity index (χ1) is 26.6. The fraction of sp³-hybridized carbons (Fsp3) is 0.341. The number of alkyl halides is 2. The summed E-state index contributed by atoms with van der Waals surface area (Å²) in [4.78, 5) is 27.9. The zero-order valence-electron chi connectivity index (χ0n) is 29.9. The topological polar surface area (TPSA) is 91.0 Å². The molecule has 2 fully saturated rings. The minimum Gasteiger partial charge on any atom is -0.381 e. The Bertz CT molecular complexity index is 2100. The van der Waals surface area contributed by atoms with Crippen molar-refractivity contribution in [2.24, 2.45) is 11.8 Å². The van der Waals surface area contributed by atoms with Crippen molar-refractivity contribution in [2.45, 2.75) is 44.6 Å². The molecular weight excluding hydrogens is 721 g/mol. The normalized spacial score (nSPS) is 16.0. The summed E-state index contributed by atoms with van der Waals surface area (Å²) in [5.74, 6) is -9.44. The van der Waals surface area contributed by atoms with Gasteiger partial charge < -0.3 is 9.47 Å². The molecule has 55 heavy (non-hydrogen) atoms. The highest BCUT2D eigenvalue weighted by Crippen LogP contribution is 2.38. The van der Waals surface area contributed by atoms with Crippen molar-refractivity contribution in [3.05, 3.63) is 125 Å². The Balaban J connectivity index is 1.19. The van der Waals surface area contributed by atoms with Crippen molar-refractivity contribution in [1.29, 1.82) is 0 Å². The van der Waals surface area contributed by atoms with Crippen LogP contribution in [-0.4, -0.2) is 65.9 Å². The fourth-order valence-electron chi connectivity index (χ4n) is 7.24. The number of ether oxygens (including phenoxy) is 2. The lowest BCUT2D eigenvalue weighted by Gasteiger charge is -2.39. The van der Waals surface area contributed by atoms with Crippen LogP contribution in [-0.2, 0) is 27.3 Å². The lowest BCUT2D eigenvalue weighted by molar-refractivity contribution is -0.159. The first kappa shape index (κ1) is 38.1. The number of amides is 2. The van der Waals surface area contributed by atoms with E-state index in [2.05, 4.69) is 10.2 Å². The van der Waals surface area contributed by atoms with E-state index in [9.17, 15) is 18.4 Å². The molecule has 0 bridgehead atoms. The molecule has 0 spiro atoms. The second-order valence-corrected chi connectivity index (χ2v) is 14.0. The molecule has 5 aromatic rings. The number of fused-ring (bicyclic) bond motifs is 1. The Morgan fingerprint density at radius 3 is 2.27 bits per heavy atom. The van der Waals surface area contributed by atoms with Crippen molar-refractivity contribution in [3.8, 4) is 0 Å². The van der Waals surface area contributed by atoms with Gasteiger partial charge in [0.05, 0.1) is 23.4 Å². The first-order valence-corrected chi connectivity index (χ1v) is 18.3. The number of aromatic nitrogens is 2. The molecule has 288 valence electrons. The maximum Gasteiger partial charge on any atom is 0.330 e. The number of nitrogens with one attached hydrogen (secondary N) is 1. The minimum absolute atomic E-state index is 0.0259. The van der Waals surface area contributed by atoms with Crippen LogP contribution >= 0.6 is 0 Å². The Kier molecular flexibility index (Phi) is 11.6. The Hall–Kier alpha value is -5.18. The van der Waals surface area contributed by atoms with Gasteiger partial charge in [0.2, 0.25) is 0 Å². The lowest BCUT2D eigenvalue weighted by atomic mass is 9.92. The van der Waals surface area contributed by atoms with E-state index in [0.717, 1.165) is 17.7 Å². The number of rotatable bonds is 12. The van der Waals surface area contributed by atoms with Crippen molar-refractivity contribution in [1.82, 2.24) is 15.2 Å². The number of H-pyrrole nitrogens is 1. The number of carbonyl (C=O) groups is 2. The molecule has 0 unspecified atom stereocenters. The van der Waals surface area contributed by atoms with E-state index in [1.165, 1.54) is 35.3 Å². The molecular formula is C41H40F5N5O4. The summed E-state index contributed by atoms with van der Waals surface area (Å²) in [7, 11) is 0. The van der Waals surface area contributed by atoms with E-state index in [1.807, 2.05) is 30.3 Å². The van der Waals surface area contributed by atoms with Crippen LogP contribution in [0.4, 0.5) is 33.5 Å². The fourth-order valence-corrected chi connectivity index (χ4v) is 7.24. The van der Waals surface area contributed by atoms with Crippen LogP contribution in [0.2, 0.25) is 0 Å². The van der Waals surface area contributed by atoms with Crippen LogP contribution in [0.25, 0.3) is 10.9 Å². The number of carbonyl (C=O) groups excluding carboxylic acids is 2. The number of para-hydroxylation sites is 1. The summed E-state index contributed by atoms with van der Waals surface area (Å²) in [6.07, 6.45) is 1.20. The zero-order chi connectivity index (χ0) is 38.5. The van der Waals surface area contributed by atoms with Gasteiger partial charge in [0.15, 0.2) is 5.82 Å². The van der Waals surface area contributed by atoms with Crippen molar-refractivity contribution in [2.75, 3.05) is 43.0 Å². The molecule has 14 heteroatoms. The number of benzene rings is 4. The Labute approximate surface area is 314 Å². The molecule has 9 nitrogen and oxygen atoms in total. The quantitative estimate of drug-likeness (QED) is 0.102. The van der Waals surface area contributed by atoms with Crippen LogP contribution in [0.1, 0.15) is 52.7 Å². The van der Waals surface area contributed by atoms with Crippen molar-refractivity contribution >= 4 is 34.2 Å². The number of aromatic amines is 1. The highest BCUT2D eigenvalue weighted by molar-refractivity contribution is 6.13. The molecule has 1 aromatic heterocycles. The van der Waals surface area contributed by atoms with Crippen LogP contribution in [0.5, 0.6) is 0 Å². The van der Waals surface area contributed by atoms with Crippen LogP contribution in [0.3, 0.4) is 0 Å². The van der Waals surface area contributed by atoms with E-state index >= 15 is 13.3 Å². The SMILES string of the molecule is O=C(c1ccccc1N(F)C(=O)C(F)(F)C1CCOCC1)N(c1n[nH]c2ccc(Cc3cc(F)cc(F)c3)cc12)N1CCC(COCc2ccccc2)CC1. The van der Waals surface area contributed by atoms with E-state index in [0.29, 0.717) is 61.2 Å². The van der Waals surface area contributed by atoms with Gasteiger partial charge in [-0.3, -0.25) is 14.7 Å². The number of halogens is 5. The van der Waals surface area contributed by atoms with Crippen LogP contribution in [0, 0.1) is 23.5 Å². The molecule has 7 rings (SSSR count). The average molecular weight is 762 g/mol. The highest BCUT2D eigenvalue weighted by atomic mass is 19.3. The molecule has 0 radical (unpaired) electrons. The Morgan fingerprint density at radius 1 is 0.855 bits per heavy atom. The largest absolute Gasteiger partial charge is 0.381 e. The van der Waals surface area contributed by atoms with Crippen LogP contribution < -0.4 is 10.1 Å². The minimum atomic E-state index is -4.04. The first-order valence-electron chi connectivity index (χ1n) is 18.3. The molecule has 0 atom stereocenters. The molecule has 2 amide bonds. The molecule has 1 N–H and O–H groups in total. The lowest BCUT2D eigenvalue weighted by Crippen LogP contribution is -2.51. The summed E-state index contributed by atoms with van der Waals surface area (Å²) in [6.45, 7) is 1.73. The molecule has 2 saturated heterocycles. The van der Waals surface area contributed by atoms with E-state index in [-0.39, 0.29) is 49.8 Å². The Morgan fingerprint density at radius 2 is 1.55 bits per heavy atom. The number of anilines is 2. The highest BCUT2D eigenvalue weighted by Gasteiger charge is 2.51.